The van der Waals surface area contributed by atoms with Crippen molar-refractivity contribution < 1.29 is 0 Å². The Balaban J connectivity index is 2.13. The van der Waals surface area contributed by atoms with Gasteiger partial charge in [-0.2, -0.15) is 5.10 Å². The van der Waals surface area contributed by atoms with Crippen LogP contribution in [-0.2, 0) is 13.5 Å². The molecule has 0 radical (unpaired) electrons. The van der Waals surface area contributed by atoms with Crippen molar-refractivity contribution in [2.24, 2.45) is 7.05 Å². The van der Waals surface area contributed by atoms with E-state index in [2.05, 4.69) is 5.10 Å². The Bertz CT molecular complexity index is 476. The maximum Gasteiger partial charge on any atom is 0.0521 e. The highest BCUT2D eigenvalue weighted by Gasteiger charge is 2.12. The van der Waals surface area contributed by atoms with Crippen molar-refractivity contribution in [2.45, 2.75) is 12.3 Å². The Labute approximate surface area is 111 Å². The normalized spacial score (nSPS) is 12.6. The molecule has 17 heavy (non-hydrogen) atoms. The van der Waals surface area contributed by atoms with E-state index in [0.717, 1.165) is 11.4 Å². The van der Waals surface area contributed by atoms with E-state index in [1.807, 2.05) is 48.4 Å². The van der Waals surface area contributed by atoms with Gasteiger partial charge >= 0.3 is 0 Å². The number of halogens is 2. The van der Waals surface area contributed by atoms with E-state index in [1.165, 1.54) is 11.1 Å². The molecule has 0 spiro atoms. The van der Waals surface area contributed by atoms with E-state index in [4.69, 9.17) is 23.2 Å². The Hall–Kier alpha value is -0.990. The van der Waals surface area contributed by atoms with Crippen LogP contribution in [0.5, 0.6) is 0 Å². The summed E-state index contributed by atoms with van der Waals surface area (Å²) >= 11 is 11.9. The Morgan fingerprint density at radius 2 is 2.00 bits per heavy atom. The summed E-state index contributed by atoms with van der Waals surface area (Å²) in [7, 11) is 1.92. The summed E-state index contributed by atoms with van der Waals surface area (Å²) in [6, 6.07) is 7.87. The Kier molecular flexibility index (Phi) is 4.08. The molecular weight excluding hydrogens is 255 g/mol. The lowest BCUT2D eigenvalue weighted by molar-refractivity contribution is 0.754. The van der Waals surface area contributed by atoms with E-state index in [-0.39, 0.29) is 0 Å². The molecule has 1 atom stereocenters. The van der Waals surface area contributed by atoms with Crippen LogP contribution in [0.4, 0.5) is 0 Å². The minimum Gasteiger partial charge on any atom is -0.276 e. The van der Waals surface area contributed by atoms with Crippen molar-refractivity contribution >= 4 is 23.2 Å². The van der Waals surface area contributed by atoms with Crippen molar-refractivity contribution in [1.29, 1.82) is 0 Å². The van der Waals surface area contributed by atoms with Gasteiger partial charge in [0.2, 0.25) is 0 Å². The van der Waals surface area contributed by atoms with Crippen LogP contribution in [0.2, 0.25) is 5.02 Å². The maximum absolute atomic E-state index is 6.04. The highest BCUT2D eigenvalue weighted by Crippen LogP contribution is 2.23. The van der Waals surface area contributed by atoms with E-state index in [0.29, 0.717) is 11.8 Å². The molecule has 1 heterocycles. The van der Waals surface area contributed by atoms with Crippen molar-refractivity contribution in [3.05, 3.63) is 52.8 Å². The largest absolute Gasteiger partial charge is 0.276 e. The van der Waals surface area contributed by atoms with Gasteiger partial charge in [-0.25, -0.2) is 0 Å². The van der Waals surface area contributed by atoms with Crippen LogP contribution < -0.4 is 0 Å². The Morgan fingerprint density at radius 3 is 2.53 bits per heavy atom. The van der Waals surface area contributed by atoms with Crippen LogP contribution >= 0.6 is 23.2 Å². The third kappa shape index (κ3) is 3.24. The van der Waals surface area contributed by atoms with Crippen LogP contribution in [0.15, 0.2) is 36.7 Å². The van der Waals surface area contributed by atoms with Gasteiger partial charge in [-0.1, -0.05) is 23.7 Å². The fourth-order valence-corrected chi connectivity index (χ4v) is 2.27. The zero-order chi connectivity index (χ0) is 12.3. The molecule has 0 N–H and O–H groups in total. The molecule has 2 rings (SSSR count). The Morgan fingerprint density at radius 1 is 1.29 bits per heavy atom. The first-order valence-electron chi connectivity index (χ1n) is 5.48. The number of hydrogen-bond donors (Lipinski definition) is 0. The fraction of sp³-hybridized carbons (Fsp3) is 0.308. The molecular formula is C13H14Cl2N2. The van der Waals surface area contributed by atoms with Gasteiger partial charge in [0, 0.05) is 30.1 Å². The second-order valence-electron chi connectivity index (χ2n) is 4.13. The summed E-state index contributed by atoms with van der Waals surface area (Å²) in [5.41, 5.74) is 2.42. The van der Waals surface area contributed by atoms with Crippen molar-refractivity contribution in [3.8, 4) is 0 Å². The molecule has 0 saturated carbocycles. The number of benzene rings is 1. The molecule has 4 heteroatoms. The predicted octanol–water partition coefficient (Wildman–Crippen LogP) is 3.64. The summed E-state index contributed by atoms with van der Waals surface area (Å²) in [5, 5.41) is 4.92. The topological polar surface area (TPSA) is 17.8 Å². The van der Waals surface area contributed by atoms with Crippen molar-refractivity contribution in [1.82, 2.24) is 9.78 Å². The van der Waals surface area contributed by atoms with Crippen LogP contribution in [0.3, 0.4) is 0 Å². The van der Waals surface area contributed by atoms with Gasteiger partial charge in [0.05, 0.1) is 6.20 Å². The minimum absolute atomic E-state index is 0.304. The SMILES string of the molecule is Cn1cc(CC(CCl)c2ccc(Cl)cc2)cn1. The number of nitrogens with zero attached hydrogens (tertiary/aromatic N) is 2. The zero-order valence-electron chi connectivity index (χ0n) is 9.61. The predicted molar refractivity (Wildman–Crippen MR) is 71.8 cm³/mol. The van der Waals surface area contributed by atoms with Gasteiger partial charge < -0.3 is 0 Å². The van der Waals surface area contributed by atoms with Crippen molar-refractivity contribution in [3.63, 3.8) is 0 Å². The quantitative estimate of drug-likeness (QED) is 0.775. The highest BCUT2D eigenvalue weighted by atomic mass is 35.5. The summed E-state index contributed by atoms with van der Waals surface area (Å²) in [6.07, 6.45) is 4.81. The average molecular weight is 269 g/mol. The molecule has 1 aromatic heterocycles. The first-order valence-corrected chi connectivity index (χ1v) is 6.39. The molecule has 2 nitrogen and oxygen atoms in total. The summed E-state index contributed by atoms with van der Waals surface area (Å²) in [4.78, 5) is 0. The van der Waals surface area contributed by atoms with Gasteiger partial charge in [0.1, 0.15) is 0 Å². The van der Waals surface area contributed by atoms with Gasteiger partial charge in [-0.05, 0) is 29.7 Å². The van der Waals surface area contributed by atoms with E-state index < -0.39 is 0 Å². The lowest BCUT2D eigenvalue weighted by Gasteiger charge is -2.13. The summed E-state index contributed by atoms with van der Waals surface area (Å²) < 4.78 is 1.81. The third-order valence-corrected chi connectivity index (χ3v) is 3.39. The smallest absolute Gasteiger partial charge is 0.0521 e. The molecule has 2 aromatic rings. The molecule has 1 aromatic carbocycles. The third-order valence-electron chi connectivity index (χ3n) is 2.77. The molecule has 90 valence electrons. The number of alkyl halides is 1. The van der Waals surface area contributed by atoms with Gasteiger partial charge in [0.25, 0.3) is 0 Å². The molecule has 0 saturated heterocycles. The number of rotatable bonds is 4. The molecule has 0 fully saturated rings. The van der Waals surface area contributed by atoms with Crippen molar-refractivity contribution in [2.75, 3.05) is 5.88 Å². The zero-order valence-corrected chi connectivity index (χ0v) is 11.1. The lowest BCUT2D eigenvalue weighted by atomic mass is 9.95. The van der Waals surface area contributed by atoms with E-state index >= 15 is 0 Å². The van der Waals surface area contributed by atoms with Gasteiger partial charge in [-0.15, -0.1) is 11.6 Å². The molecule has 0 amide bonds. The van der Waals surface area contributed by atoms with Crippen LogP contribution in [0, 0.1) is 0 Å². The van der Waals surface area contributed by atoms with Gasteiger partial charge in [-0.3, -0.25) is 4.68 Å². The lowest BCUT2D eigenvalue weighted by Crippen LogP contribution is -2.04. The second kappa shape index (κ2) is 5.56. The molecule has 0 aliphatic rings. The summed E-state index contributed by atoms with van der Waals surface area (Å²) in [5.74, 6) is 0.898. The van der Waals surface area contributed by atoms with Crippen LogP contribution in [0.1, 0.15) is 17.0 Å². The van der Waals surface area contributed by atoms with Crippen LogP contribution in [-0.4, -0.2) is 15.7 Å². The fourth-order valence-electron chi connectivity index (χ4n) is 1.86. The summed E-state index contributed by atoms with van der Waals surface area (Å²) in [6.45, 7) is 0. The van der Waals surface area contributed by atoms with E-state index in [9.17, 15) is 0 Å². The van der Waals surface area contributed by atoms with Crippen LogP contribution in [0.25, 0.3) is 0 Å². The first kappa shape index (κ1) is 12.5. The first-order chi connectivity index (χ1) is 8.19. The molecule has 0 aliphatic heterocycles. The second-order valence-corrected chi connectivity index (χ2v) is 4.87. The molecule has 0 aliphatic carbocycles. The maximum atomic E-state index is 6.04. The number of hydrogen-bond acceptors (Lipinski definition) is 1. The average Bonchev–Trinajstić information content (AvgIpc) is 2.73. The van der Waals surface area contributed by atoms with E-state index in [1.54, 1.807) is 0 Å². The minimum atomic E-state index is 0.304. The number of aryl methyl sites for hydroxylation is 1. The molecule has 0 bridgehead atoms. The number of aromatic nitrogens is 2. The van der Waals surface area contributed by atoms with Gasteiger partial charge in [0.15, 0.2) is 0 Å². The monoisotopic (exact) mass is 268 g/mol. The highest BCUT2D eigenvalue weighted by molar-refractivity contribution is 6.30. The standard InChI is InChI=1S/C13H14Cl2N2/c1-17-9-10(8-16-17)6-12(7-14)11-2-4-13(15)5-3-11/h2-5,8-9,12H,6-7H2,1H3. The molecule has 1 unspecified atom stereocenters.